The molecule has 5 rings (SSSR count). The van der Waals surface area contributed by atoms with E-state index in [-0.39, 0.29) is 11.7 Å². The predicted molar refractivity (Wildman–Crippen MR) is 123 cm³/mol. The molecule has 3 heterocycles. The summed E-state index contributed by atoms with van der Waals surface area (Å²) in [6.45, 7) is 0. The molecule has 2 aliphatic rings. The molecule has 164 valence electrons. The van der Waals surface area contributed by atoms with Gasteiger partial charge in [-0.15, -0.1) is 11.3 Å². The zero-order chi connectivity index (χ0) is 22.1. The number of benzene rings is 1. The lowest BCUT2D eigenvalue weighted by molar-refractivity contribution is -0.139. The monoisotopic (exact) mass is 467 g/mol. The molecule has 1 saturated heterocycles. The molecule has 1 spiro atoms. The average molecular weight is 468 g/mol. The summed E-state index contributed by atoms with van der Waals surface area (Å²) in [5.74, 6) is -0.779. The lowest BCUT2D eigenvalue weighted by Crippen LogP contribution is -2.51. The summed E-state index contributed by atoms with van der Waals surface area (Å²) in [4.78, 5) is 48.3. The number of nitrogens with one attached hydrogen (secondary N) is 2. The first-order chi connectivity index (χ1) is 15.6. The molecule has 2 N–H and O–H groups in total. The third-order valence-electron chi connectivity index (χ3n) is 5.80. The maximum absolute atomic E-state index is 12.8. The molecule has 0 unspecified atom stereocenters. The van der Waals surface area contributed by atoms with E-state index in [1.54, 1.807) is 11.3 Å². The molecule has 0 bridgehead atoms. The number of hydrogen-bond donors (Lipinski definition) is 2. The summed E-state index contributed by atoms with van der Waals surface area (Å²) in [7, 11) is 0. The van der Waals surface area contributed by atoms with E-state index in [0.29, 0.717) is 17.9 Å². The van der Waals surface area contributed by atoms with Crippen LogP contribution in [0.5, 0.6) is 0 Å². The second-order valence-electron chi connectivity index (χ2n) is 7.91. The number of hydrogen-bond acceptors (Lipinski definition) is 7. The van der Waals surface area contributed by atoms with Crippen molar-refractivity contribution in [1.82, 2.24) is 25.7 Å². The van der Waals surface area contributed by atoms with Crippen molar-refractivity contribution >= 4 is 51.2 Å². The van der Waals surface area contributed by atoms with Gasteiger partial charge in [0, 0.05) is 10.3 Å². The van der Waals surface area contributed by atoms with E-state index < -0.39 is 17.5 Å². The first kappa shape index (κ1) is 20.9. The number of aromatic nitrogens is 2. The summed E-state index contributed by atoms with van der Waals surface area (Å²) >= 11 is 2.82. The molecule has 3 aromatic rings. The SMILES string of the molecule is O=C(CSc1ncnc2sc(-c3ccccc3)cc12)NN1C(=O)NC2(CCCCC2)C1=O. The third-order valence-corrected chi connectivity index (χ3v) is 7.89. The second-order valence-corrected chi connectivity index (χ2v) is 9.91. The maximum Gasteiger partial charge on any atom is 0.344 e. The van der Waals surface area contributed by atoms with Gasteiger partial charge in [-0.05, 0) is 24.5 Å². The van der Waals surface area contributed by atoms with Crippen LogP contribution in [0.3, 0.4) is 0 Å². The Labute approximate surface area is 192 Å². The number of fused-ring (bicyclic) bond motifs is 1. The summed E-state index contributed by atoms with van der Waals surface area (Å²) in [5.41, 5.74) is 2.71. The van der Waals surface area contributed by atoms with Gasteiger partial charge in [-0.2, -0.15) is 5.01 Å². The highest BCUT2D eigenvalue weighted by molar-refractivity contribution is 8.00. The van der Waals surface area contributed by atoms with Gasteiger partial charge in [0.2, 0.25) is 5.91 Å². The highest BCUT2D eigenvalue weighted by Crippen LogP contribution is 2.36. The minimum Gasteiger partial charge on any atom is -0.322 e. The van der Waals surface area contributed by atoms with Crippen molar-refractivity contribution in [1.29, 1.82) is 0 Å². The van der Waals surface area contributed by atoms with Gasteiger partial charge < -0.3 is 5.32 Å². The first-order valence-corrected chi connectivity index (χ1v) is 12.2. The fraction of sp³-hybridized carbons (Fsp3) is 0.318. The van der Waals surface area contributed by atoms with E-state index in [9.17, 15) is 14.4 Å². The van der Waals surface area contributed by atoms with Gasteiger partial charge in [0.05, 0.1) is 5.75 Å². The van der Waals surface area contributed by atoms with Gasteiger partial charge in [-0.25, -0.2) is 14.8 Å². The molecule has 0 radical (unpaired) electrons. The molecular weight excluding hydrogens is 446 g/mol. The first-order valence-electron chi connectivity index (χ1n) is 10.4. The van der Waals surface area contributed by atoms with Crippen LogP contribution < -0.4 is 10.7 Å². The molecule has 1 aliphatic carbocycles. The Morgan fingerprint density at radius 2 is 1.94 bits per heavy atom. The Balaban J connectivity index is 1.27. The van der Waals surface area contributed by atoms with Crippen molar-refractivity contribution in [2.45, 2.75) is 42.7 Å². The van der Waals surface area contributed by atoms with Crippen molar-refractivity contribution in [3.05, 3.63) is 42.7 Å². The minimum absolute atomic E-state index is 0.0205. The Morgan fingerprint density at radius 3 is 2.72 bits per heavy atom. The van der Waals surface area contributed by atoms with E-state index in [1.165, 1.54) is 18.1 Å². The Hall–Kier alpha value is -2.98. The van der Waals surface area contributed by atoms with Crippen LogP contribution in [0.15, 0.2) is 47.8 Å². The van der Waals surface area contributed by atoms with Crippen molar-refractivity contribution in [2.75, 3.05) is 5.75 Å². The summed E-state index contributed by atoms with van der Waals surface area (Å²) in [5, 5.41) is 5.19. The third kappa shape index (κ3) is 3.84. The Morgan fingerprint density at radius 1 is 1.16 bits per heavy atom. The van der Waals surface area contributed by atoms with E-state index in [4.69, 9.17) is 0 Å². The van der Waals surface area contributed by atoms with Crippen LogP contribution >= 0.6 is 23.1 Å². The van der Waals surface area contributed by atoms with Crippen LogP contribution in [0.25, 0.3) is 20.7 Å². The smallest absolute Gasteiger partial charge is 0.322 e. The lowest BCUT2D eigenvalue weighted by Gasteiger charge is -2.30. The standard InChI is InChI=1S/C22H21N5O3S2/c28-17(26-27-20(29)22(25-21(27)30)9-5-2-6-10-22)12-31-18-15-11-16(14-7-3-1-4-8-14)32-19(15)24-13-23-18/h1,3-4,7-8,11,13H,2,5-6,9-10,12H2,(H,25,30)(H,26,28). The summed E-state index contributed by atoms with van der Waals surface area (Å²) in [6, 6.07) is 11.5. The van der Waals surface area contributed by atoms with E-state index in [2.05, 4.69) is 20.7 Å². The number of nitrogens with zero attached hydrogens (tertiary/aromatic N) is 3. The summed E-state index contributed by atoms with van der Waals surface area (Å²) in [6.07, 6.45) is 5.53. The number of thiophene rings is 1. The number of carbonyl (C=O) groups is 3. The molecule has 1 aromatic carbocycles. The molecular formula is C22H21N5O3S2. The molecule has 4 amide bonds. The van der Waals surface area contributed by atoms with Crippen LogP contribution in [-0.2, 0) is 9.59 Å². The van der Waals surface area contributed by atoms with Crippen molar-refractivity contribution in [3.63, 3.8) is 0 Å². The molecule has 0 atom stereocenters. The number of urea groups is 1. The molecule has 32 heavy (non-hydrogen) atoms. The van der Waals surface area contributed by atoms with Gasteiger partial charge in [-0.1, -0.05) is 61.4 Å². The van der Waals surface area contributed by atoms with Gasteiger partial charge in [0.1, 0.15) is 21.7 Å². The maximum atomic E-state index is 12.8. The van der Waals surface area contributed by atoms with Gasteiger partial charge in [0.25, 0.3) is 5.91 Å². The van der Waals surface area contributed by atoms with E-state index in [0.717, 1.165) is 44.9 Å². The normalized spacial score (nSPS) is 17.7. The molecule has 2 aromatic heterocycles. The Kier molecular flexibility index (Phi) is 5.56. The highest BCUT2D eigenvalue weighted by Gasteiger charge is 2.52. The average Bonchev–Trinajstić information content (AvgIpc) is 3.35. The Bertz CT molecular complexity index is 1190. The van der Waals surface area contributed by atoms with Crippen LogP contribution in [0, 0.1) is 0 Å². The number of imide groups is 1. The fourth-order valence-electron chi connectivity index (χ4n) is 4.20. The number of carbonyl (C=O) groups excluding carboxylic acids is 3. The lowest BCUT2D eigenvalue weighted by atomic mass is 9.82. The van der Waals surface area contributed by atoms with Crippen molar-refractivity contribution in [2.24, 2.45) is 0 Å². The number of rotatable bonds is 5. The number of amides is 4. The van der Waals surface area contributed by atoms with Crippen LogP contribution in [-0.4, -0.2) is 44.1 Å². The van der Waals surface area contributed by atoms with Gasteiger partial charge >= 0.3 is 6.03 Å². The van der Waals surface area contributed by atoms with E-state index >= 15 is 0 Å². The van der Waals surface area contributed by atoms with Crippen molar-refractivity contribution < 1.29 is 14.4 Å². The molecule has 1 saturated carbocycles. The van der Waals surface area contributed by atoms with Crippen molar-refractivity contribution in [3.8, 4) is 10.4 Å². The fourth-order valence-corrected chi connectivity index (χ4v) is 6.03. The minimum atomic E-state index is -0.862. The van der Waals surface area contributed by atoms with Gasteiger partial charge in [-0.3, -0.25) is 15.0 Å². The van der Waals surface area contributed by atoms with Crippen LogP contribution in [0.4, 0.5) is 4.79 Å². The second kappa shape index (κ2) is 8.51. The molecule has 1 aliphatic heterocycles. The quantitative estimate of drug-likeness (QED) is 0.337. The molecule has 8 nitrogen and oxygen atoms in total. The van der Waals surface area contributed by atoms with Crippen LogP contribution in [0.1, 0.15) is 32.1 Å². The van der Waals surface area contributed by atoms with E-state index in [1.807, 2.05) is 36.4 Å². The number of hydrazine groups is 1. The molecule has 10 heteroatoms. The highest BCUT2D eigenvalue weighted by atomic mass is 32.2. The molecule has 2 fully saturated rings. The summed E-state index contributed by atoms with van der Waals surface area (Å²) < 4.78 is 0. The van der Waals surface area contributed by atoms with Gasteiger partial charge in [0.15, 0.2) is 0 Å². The zero-order valence-corrected chi connectivity index (χ0v) is 18.8. The largest absolute Gasteiger partial charge is 0.344 e. The van der Waals surface area contributed by atoms with Crippen LogP contribution in [0.2, 0.25) is 0 Å². The predicted octanol–water partition coefficient (Wildman–Crippen LogP) is 3.74. The number of thioether (sulfide) groups is 1. The topological polar surface area (TPSA) is 104 Å². The zero-order valence-electron chi connectivity index (χ0n) is 17.2.